The summed E-state index contributed by atoms with van der Waals surface area (Å²) >= 11 is 7.39. The predicted molar refractivity (Wildman–Crippen MR) is 113 cm³/mol. The van der Waals surface area contributed by atoms with Crippen LogP contribution in [0.2, 0.25) is 0 Å². The molecule has 2 amide bonds. The van der Waals surface area contributed by atoms with E-state index in [0.717, 1.165) is 25.7 Å². The summed E-state index contributed by atoms with van der Waals surface area (Å²) in [4.78, 5) is 40.0. The average Bonchev–Trinajstić information content (AvgIpc) is 3.30. The van der Waals surface area contributed by atoms with Crippen LogP contribution >= 0.6 is 31.9 Å². The number of hydrogen-bond donors (Lipinski definition) is 0. The molecule has 2 aliphatic carbocycles. The maximum Gasteiger partial charge on any atom is 0.338 e. The number of carbonyl (C=O) groups excluding carboxylic acids is 3. The minimum atomic E-state index is -0.374. The van der Waals surface area contributed by atoms with Gasteiger partial charge in [0.25, 0.3) is 0 Å². The van der Waals surface area contributed by atoms with Gasteiger partial charge in [-0.1, -0.05) is 51.6 Å². The number of fused-ring (bicyclic) bond motifs is 5. The summed E-state index contributed by atoms with van der Waals surface area (Å²) in [6.07, 6.45) is 3.86. The zero-order valence-electron chi connectivity index (χ0n) is 15.6. The van der Waals surface area contributed by atoms with E-state index >= 15 is 0 Å². The number of amides is 2. The van der Waals surface area contributed by atoms with Crippen LogP contribution in [0.1, 0.15) is 43.0 Å². The summed E-state index contributed by atoms with van der Waals surface area (Å²) < 4.78 is 5.26. The molecule has 28 heavy (non-hydrogen) atoms. The second-order valence-corrected chi connectivity index (χ2v) is 10.0. The zero-order valence-corrected chi connectivity index (χ0v) is 18.8. The lowest BCUT2D eigenvalue weighted by Gasteiger charge is -2.28. The molecule has 5 nitrogen and oxygen atoms in total. The van der Waals surface area contributed by atoms with Gasteiger partial charge in [-0.25, -0.2) is 4.79 Å². The molecule has 6 atom stereocenters. The molecule has 3 aliphatic rings. The van der Waals surface area contributed by atoms with Crippen LogP contribution in [0.5, 0.6) is 0 Å². The van der Waals surface area contributed by atoms with Crippen molar-refractivity contribution >= 4 is 55.3 Å². The second kappa shape index (κ2) is 7.90. The van der Waals surface area contributed by atoms with Gasteiger partial charge in [0.15, 0.2) is 0 Å². The van der Waals surface area contributed by atoms with Crippen LogP contribution < -0.4 is 4.90 Å². The van der Waals surface area contributed by atoms with Gasteiger partial charge >= 0.3 is 5.97 Å². The molecule has 0 radical (unpaired) electrons. The fourth-order valence-corrected chi connectivity index (χ4v) is 6.82. The number of carbonyl (C=O) groups is 3. The van der Waals surface area contributed by atoms with Crippen molar-refractivity contribution in [2.75, 3.05) is 11.5 Å². The van der Waals surface area contributed by atoms with Gasteiger partial charge in [0.2, 0.25) is 11.8 Å². The number of imide groups is 1. The minimum absolute atomic E-state index is 0.110. The number of unbranched alkanes of at least 4 members (excludes halogenated alkanes) is 2. The number of anilines is 1. The third-order valence-electron chi connectivity index (χ3n) is 6.33. The van der Waals surface area contributed by atoms with Crippen molar-refractivity contribution in [3.63, 3.8) is 0 Å². The second-order valence-electron chi connectivity index (χ2n) is 7.91. The maximum atomic E-state index is 13.0. The predicted octanol–water partition coefficient (Wildman–Crippen LogP) is 4.32. The molecule has 0 unspecified atom stereocenters. The van der Waals surface area contributed by atoms with Crippen molar-refractivity contribution in [3.8, 4) is 0 Å². The molecule has 0 aromatic heterocycles. The fraction of sp³-hybridized carbons (Fsp3) is 0.571. The van der Waals surface area contributed by atoms with E-state index in [1.807, 2.05) is 0 Å². The van der Waals surface area contributed by atoms with E-state index in [9.17, 15) is 14.4 Å². The van der Waals surface area contributed by atoms with Crippen LogP contribution in [0.25, 0.3) is 0 Å². The Morgan fingerprint density at radius 1 is 1.04 bits per heavy atom. The highest BCUT2D eigenvalue weighted by Crippen LogP contribution is 2.60. The van der Waals surface area contributed by atoms with Crippen molar-refractivity contribution in [1.29, 1.82) is 0 Å². The van der Waals surface area contributed by atoms with Crippen molar-refractivity contribution in [1.82, 2.24) is 0 Å². The molecule has 7 heteroatoms. The molecule has 0 N–H and O–H groups in total. The van der Waals surface area contributed by atoms with Crippen LogP contribution in [0.4, 0.5) is 5.69 Å². The van der Waals surface area contributed by atoms with E-state index in [4.69, 9.17) is 4.74 Å². The molecule has 0 spiro atoms. The molecule has 1 heterocycles. The summed E-state index contributed by atoms with van der Waals surface area (Å²) in [6.45, 7) is 2.50. The van der Waals surface area contributed by atoms with Gasteiger partial charge in [0.05, 0.1) is 29.7 Å². The Bertz CT molecular complexity index is 764. The van der Waals surface area contributed by atoms with Gasteiger partial charge in [0.1, 0.15) is 0 Å². The molecular weight excluding hydrogens is 490 g/mol. The Balaban J connectivity index is 1.47. The van der Waals surface area contributed by atoms with Crippen LogP contribution in [0.3, 0.4) is 0 Å². The minimum Gasteiger partial charge on any atom is -0.462 e. The van der Waals surface area contributed by atoms with Gasteiger partial charge < -0.3 is 4.74 Å². The highest BCUT2D eigenvalue weighted by Gasteiger charge is 2.66. The topological polar surface area (TPSA) is 63.7 Å². The number of benzene rings is 1. The lowest BCUT2D eigenvalue weighted by molar-refractivity contribution is -0.123. The van der Waals surface area contributed by atoms with E-state index in [1.54, 1.807) is 24.3 Å². The van der Waals surface area contributed by atoms with E-state index in [2.05, 4.69) is 38.8 Å². The van der Waals surface area contributed by atoms with E-state index in [0.29, 0.717) is 17.9 Å². The molecule has 2 saturated carbocycles. The first kappa shape index (κ1) is 20.1. The summed E-state index contributed by atoms with van der Waals surface area (Å²) in [5.74, 6) is -0.683. The Morgan fingerprint density at radius 3 is 2.14 bits per heavy atom. The Morgan fingerprint density at radius 2 is 1.61 bits per heavy atom. The Hall–Kier alpha value is -1.21. The van der Waals surface area contributed by atoms with Gasteiger partial charge in [-0.3, -0.25) is 14.5 Å². The molecule has 4 rings (SSSR count). The van der Waals surface area contributed by atoms with Gasteiger partial charge in [-0.2, -0.15) is 0 Å². The molecule has 1 aromatic rings. The zero-order chi connectivity index (χ0) is 20.0. The standard InChI is InChI=1S/C21H23Br2NO4/c1-2-3-4-9-28-21(27)11-5-7-12(8-6-11)24-19(25)15-13-10-14(16(15)20(24)26)18(23)17(13)22/h5-8,13-18H,2-4,9-10H2,1H3/t13-,14-,15-,16-,17+,18+/m1/s1. The molecular formula is C21H23Br2NO4. The number of halogens is 2. The van der Waals surface area contributed by atoms with E-state index < -0.39 is 0 Å². The highest BCUT2D eigenvalue weighted by atomic mass is 79.9. The van der Waals surface area contributed by atoms with Crippen molar-refractivity contribution in [3.05, 3.63) is 29.8 Å². The number of esters is 1. The number of nitrogens with zero attached hydrogens (tertiary/aromatic N) is 1. The molecule has 150 valence electrons. The molecule has 1 aliphatic heterocycles. The van der Waals surface area contributed by atoms with Crippen molar-refractivity contribution in [2.45, 2.75) is 42.3 Å². The number of alkyl halides is 2. The number of rotatable bonds is 6. The molecule has 2 bridgehead atoms. The van der Waals surface area contributed by atoms with Crippen LogP contribution in [0.15, 0.2) is 24.3 Å². The molecule has 1 aromatic carbocycles. The van der Waals surface area contributed by atoms with Crippen molar-refractivity contribution < 1.29 is 19.1 Å². The Kier molecular flexibility index (Phi) is 5.67. The quantitative estimate of drug-likeness (QED) is 0.246. The first-order chi connectivity index (χ1) is 13.5. The molecule has 3 fully saturated rings. The summed E-state index contributed by atoms with van der Waals surface area (Å²) in [5.41, 5.74) is 0.962. The van der Waals surface area contributed by atoms with Crippen molar-refractivity contribution in [2.24, 2.45) is 23.7 Å². The molecule has 1 saturated heterocycles. The lowest BCUT2D eigenvalue weighted by Crippen LogP contribution is -2.37. The number of hydrogen-bond acceptors (Lipinski definition) is 4. The lowest BCUT2D eigenvalue weighted by atomic mass is 9.81. The van der Waals surface area contributed by atoms with Gasteiger partial charge in [-0.05, 0) is 48.9 Å². The first-order valence-corrected chi connectivity index (χ1v) is 11.7. The van der Waals surface area contributed by atoms with Crippen LogP contribution in [-0.2, 0) is 14.3 Å². The van der Waals surface area contributed by atoms with Gasteiger partial charge in [-0.15, -0.1) is 0 Å². The largest absolute Gasteiger partial charge is 0.462 e. The first-order valence-electron chi connectivity index (χ1n) is 9.88. The highest BCUT2D eigenvalue weighted by molar-refractivity contribution is 9.12. The summed E-state index contributed by atoms with van der Waals surface area (Å²) in [6, 6.07) is 6.58. The maximum absolute atomic E-state index is 13.0. The van der Waals surface area contributed by atoms with Gasteiger partial charge in [0, 0.05) is 9.65 Å². The Labute approximate surface area is 181 Å². The third-order valence-corrected chi connectivity index (χ3v) is 9.54. The van der Waals surface area contributed by atoms with E-state index in [-0.39, 0.29) is 51.1 Å². The van der Waals surface area contributed by atoms with E-state index in [1.165, 1.54) is 4.90 Å². The van der Waals surface area contributed by atoms with Crippen LogP contribution in [-0.4, -0.2) is 34.0 Å². The number of ether oxygens (including phenoxy) is 1. The average molecular weight is 513 g/mol. The monoisotopic (exact) mass is 511 g/mol. The summed E-state index contributed by atoms with van der Waals surface area (Å²) in [7, 11) is 0. The normalized spacial score (nSPS) is 33.5. The smallest absolute Gasteiger partial charge is 0.338 e. The SMILES string of the molecule is CCCCCOC(=O)c1ccc(N2C(=O)[C@@H]3[C@H]4C[C@@H]([C@H](Br)[C@H]4Br)[C@H]3C2=O)cc1. The third kappa shape index (κ3) is 3.15. The fourth-order valence-electron chi connectivity index (χ4n) is 4.95. The summed E-state index contributed by atoms with van der Waals surface area (Å²) in [5, 5.41) is 0. The van der Waals surface area contributed by atoms with Crippen LogP contribution in [0, 0.1) is 23.7 Å².